The van der Waals surface area contributed by atoms with E-state index in [0.29, 0.717) is 37.6 Å². The van der Waals surface area contributed by atoms with Crippen LogP contribution in [0, 0.1) is 6.92 Å². The lowest BCUT2D eigenvalue weighted by Gasteiger charge is -2.34. The number of nitrogens with zero attached hydrogens (tertiary/aromatic N) is 4. The van der Waals surface area contributed by atoms with E-state index in [0.717, 1.165) is 22.6 Å². The quantitative estimate of drug-likeness (QED) is 0.653. The second-order valence-corrected chi connectivity index (χ2v) is 7.69. The van der Waals surface area contributed by atoms with Crippen molar-refractivity contribution in [2.45, 2.75) is 13.8 Å². The summed E-state index contributed by atoms with van der Waals surface area (Å²) in [5.74, 6) is 0.679. The minimum Gasteiger partial charge on any atom is -0.497 e. The average molecular weight is 418 g/mol. The predicted octanol–water partition coefficient (Wildman–Crippen LogP) is 3.16. The van der Waals surface area contributed by atoms with Crippen molar-refractivity contribution in [3.8, 4) is 22.7 Å². The highest BCUT2D eigenvalue weighted by Crippen LogP contribution is 2.26. The summed E-state index contributed by atoms with van der Waals surface area (Å²) in [7, 11) is 1.62. The SMILES string of the molecule is COc1cccc(-c2cc(C(=O)N3CCN(C(C)=O)CC3)n(-c3ccc(C)cc3)n2)c1. The van der Waals surface area contributed by atoms with Crippen LogP contribution in [0.1, 0.15) is 23.0 Å². The van der Waals surface area contributed by atoms with E-state index in [4.69, 9.17) is 9.84 Å². The third-order valence-corrected chi connectivity index (χ3v) is 5.58. The van der Waals surface area contributed by atoms with E-state index >= 15 is 0 Å². The Balaban J connectivity index is 1.71. The molecule has 31 heavy (non-hydrogen) atoms. The largest absolute Gasteiger partial charge is 0.497 e. The van der Waals surface area contributed by atoms with Gasteiger partial charge in [0, 0.05) is 38.7 Å². The Morgan fingerprint density at radius 3 is 2.26 bits per heavy atom. The van der Waals surface area contributed by atoms with E-state index in [-0.39, 0.29) is 11.8 Å². The van der Waals surface area contributed by atoms with Crippen LogP contribution in [0.4, 0.5) is 0 Å². The molecule has 0 atom stereocenters. The van der Waals surface area contributed by atoms with Crippen molar-refractivity contribution in [1.29, 1.82) is 0 Å². The van der Waals surface area contributed by atoms with Crippen molar-refractivity contribution in [3.63, 3.8) is 0 Å². The van der Waals surface area contributed by atoms with Crippen LogP contribution in [0.3, 0.4) is 0 Å². The van der Waals surface area contributed by atoms with E-state index in [9.17, 15) is 9.59 Å². The summed E-state index contributed by atoms with van der Waals surface area (Å²) in [5, 5.41) is 4.76. The highest BCUT2D eigenvalue weighted by molar-refractivity contribution is 5.94. The summed E-state index contributed by atoms with van der Waals surface area (Å²) in [5.41, 5.74) is 4.03. The summed E-state index contributed by atoms with van der Waals surface area (Å²) >= 11 is 0. The molecule has 2 aromatic carbocycles. The first-order chi connectivity index (χ1) is 15.0. The molecular weight excluding hydrogens is 392 g/mol. The van der Waals surface area contributed by atoms with Gasteiger partial charge in [-0.25, -0.2) is 4.68 Å². The molecule has 160 valence electrons. The fraction of sp³-hybridized carbons (Fsp3) is 0.292. The summed E-state index contributed by atoms with van der Waals surface area (Å²) in [6.45, 7) is 5.68. The maximum atomic E-state index is 13.4. The smallest absolute Gasteiger partial charge is 0.272 e. The zero-order valence-electron chi connectivity index (χ0n) is 18.0. The summed E-state index contributed by atoms with van der Waals surface area (Å²) < 4.78 is 7.04. The fourth-order valence-corrected chi connectivity index (χ4v) is 3.73. The molecule has 4 rings (SSSR count). The van der Waals surface area contributed by atoms with E-state index in [2.05, 4.69) is 0 Å². The monoisotopic (exact) mass is 418 g/mol. The van der Waals surface area contributed by atoms with Crippen molar-refractivity contribution in [2.75, 3.05) is 33.3 Å². The van der Waals surface area contributed by atoms with Crippen molar-refractivity contribution in [2.24, 2.45) is 0 Å². The molecule has 1 aliphatic rings. The van der Waals surface area contributed by atoms with Gasteiger partial charge in [0.25, 0.3) is 5.91 Å². The highest BCUT2D eigenvalue weighted by Gasteiger charge is 2.27. The first kappa shape index (κ1) is 20.7. The number of benzene rings is 2. The van der Waals surface area contributed by atoms with E-state index in [1.807, 2.05) is 61.5 Å². The summed E-state index contributed by atoms with van der Waals surface area (Å²) in [4.78, 5) is 28.6. The maximum Gasteiger partial charge on any atom is 0.272 e. The number of amides is 2. The zero-order valence-corrected chi connectivity index (χ0v) is 18.0. The number of hydrogen-bond donors (Lipinski definition) is 0. The van der Waals surface area contributed by atoms with Crippen LogP contribution < -0.4 is 4.74 Å². The second kappa shape index (κ2) is 8.63. The minimum atomic E-state index is -0.0922. The van der Waals surface area contributed by atoms with Gasteiger partial charge in [0.15, 0.2) is 0 Å². The average Bonchev–Trinajstić information content (AvgIpc) is 3.24. The Labute approximate surface area is 181 Å². The molecule has 2 heterocycles. The Morgan fingerprint density at radius 1 is 0.935 bits per heavy atom. The maximum absolute atomic E-state index is 13.4. The number of methoxy groups -OCH3 is 1. The van der Waals surface area contributed by atoms with Crippen LogP contribution in [-0.2, 0) is 4.79 Å². The van der Waals surface area contributed by atoms with Crippen molar-refractivity contribution >= 4 is 11.8 Å². The predicted molar refractivity (Wildman–Crippen MR) is 118 cm³/mol. The molecule has 0 bridgehead atoms. The molecule has 1 saturated heterocycles. The first-order valence-corrected chi connectivity index (χ1v) is 10.3. The molecule has 1 aromatic heterocycles. The molecule has 7 heteroatoms. The topological polar surface area (TPSA) is 67.7 Å². The normalized spacial score (nSPS) is 13.9. The van der Waals surface area contributed by atoms with Gasteiger partial charge in [0.05, 0.1) is 18.5 Å². The molecule has 2 amide bonds. The van der Waals surface area contributed by atoms with Crippen LogP contribution in [0.15, 0.2) is 54.6 Å². The fourth-order valence-electron chi connectivity index (χ4n) is 3.73. The van der Waals surface area contributed by atoms with E-state index < -0.39 is 0 Å². The lowest BCUT2D eigenvalue weighted by atomic mass is 10.1. The Hall–Kier alpha value is -3.61. The Morgan fingerprint density at radius 2 is 1.61 bits per heavy atom. The van der Waals surface area contributed by atoms with Gasteiger partial charge in [-0.2, -0.15) is 5.10 Å². The molecule has 0 spiro atoms. The van der Waals surface area contributed by atoms with Gasteiger partial charge in [-0.1, -0.05) is 29.8 Å². The number of carbonyl (C=O) groups excluding carboxylic acids is 2. The molecule has 1 fully saturated rings. The van der Waals surface area contributed by atoms with Gasteiger partial charge in [-0.3, -0.25) is 9.59 Å². The molecule has 0 aliphatic carbocycles. The number of carbonyl (C=O) groups is 2. The number of aryl methyl sites for hydroxylation is 1. The van der Waals surface area contributed by atoms with Gasteiger partial charge in [0.1, 0.15) is 11.4 Å². The van der Waals surface area contributed by atoms with Gasteiger partial charge in [-0.15, -0.1) is 0 Å². The molecular formula is C24H26N4O3. The van der Waals surface area contributed by atoms with Gasteiger partial charge < -0.3 is 14.5 Å². The Kier molecular flexibility index (Phi) is 5.75. The number of piperazine rings is 1. The molecule has 0 radical (unpaired) electrons. The third kappa shape index (κ3) is 4.30. The first-order valence-electron chi connectivity index (χ1n) is 10.3. The molecule has 0 unspecified atom stereocenters. The van der Waals surface area contributed by atoms with Crippen LogP contribution in [0.25, 0.3) is 16.9 Å². The summed E-state index contributed by atoms with van der Waals surface area (Å²) in [6.07, 6.45) is 0. The van der Waals surface area contributed by atoms with E-state index in [1.165, 1.54) is 0 Å². The number of ether oxygens (including phenoxy) is 1. The van der Waals surface area contributed by atoms with Crippen molar-refractivity contribution in [1.82, 2.24) is 19.6 Å². The van der Waals surface area contributed by atoms with Crippen LogP contribution in [0.5, 0.6) is 5.75 Å². The second-order valence-electron chi connectivity index (χ2n) is 7.69. The van der Waals surface area contributed by atoms with Crippen LogP contribution in [0.2, 0.25) is 0 Å². The lowest BCUT2D eigenvalue weighted by Crippen LogP contribution is -2.50. The highest BCUT2D eigenvalue weighted by atomic mass is 16.5. The van der Waals surface area contributed by atoms with Gasteiger partial charge in [0.2, 0.25) is 5.91 Å². The molecule has 0 saturated carbocycles. The van der Waals surface area contributed by atoms with Crippen molar-refractivity contribution in [3.05, 3.63) is 65.9 Å². The molecule has 0 N–H and O–H groups in total. The Bertz CT molecular complexity index is 1100. The number of hydrogen-bond acceptors (Lipinski definition) is 4. The van der Waals surface area contributed by atoms with Gasteiger partial charge >= 0.3 is 0 Å². The minimum absolute atomic E-state index is 0.0390. The lowest BCUT2D eigenvalue weighted by molar-refractivity contribution is -0.130. The van der Waals surface area contributed by atoms with Crippen molar-refractivity contribution < 1.29 is 14.3 Å². The number of aromatic nitrogens is 2. The molecule has 7 nitrogen and oxygen atoms in total. The standard InChI is InChI=1S/C24H26N4O3/c1-17-7-9-20(10-8-17)28-23(24(30)27-13-11-26(12-14-27)18(2)29)16-22(25-28)19-5-4-6-21(15-19)31-3/h4-10,15-16H,11-14H2,1-3H3. The molecule has 3 aromatic rings. The zero-order chi connectivity index (χ0) is 22.0. The van der Waals surface area contributed by atoms with Crippen LogP contribution >= 0.6 is 0 Å². The molecule has 1 aliphatic heterocycles. The number of rotatable bonds is 4. The third-order valence-electron chi connectivity index (χ3n) is 5.58. The van der Waals surface area contributed by atoms with Gasteiger partial charge in [-0.05, 0) is 37.3 Å². The summed E-state index contributed by atoms with van der Waals surface area (Å²) in [6, 6.07) is 17.4. The van der Waals surface area contributed by atoms with E-state index in [1.54, 1.807) is 28.5 Å². The van der Waals surface area contributed by atoms with Crippen LogP contribution in [-0.4, -0.2) is 64.7 Å².